The fourth-order valence-electron chi connectivity index (χ4n) is 2.13. The zero-order chi connectivity index (χ0) is 10.5. The van der Waals surface area contributed by atoms with Crippen LogP contribution in [0.25, 0.3) is 0 Å². The van der Waals surface area contributed by atoms with Crippen molar-refractivity contribution in [3.63, 3.8) is 0 Å². The van der Waals surface area contributed by atoms with Crippen LogP contribution in [0.3, 0.4) is 0 Å². The maximum atomic E-state index is 11.7. The van der Waals surface area contributed by atoms with Crippen LogP contribution in [0.5, 0.6) is 0 Å². The first-order valence-electron chi connectivity index (χ1n) is 5.79. The van der Waals surface area contributed by atoms with Crippen molar-refractivity contribution in [2.75, 3.05) is 11.5 Å². The maximum Gasteiger partial charge on any atom is 0.243 e. The Morgan fingerprint density at radius 3 is 2.80 bits per heavy atom. The lowest BCUT2D eigenvalue weighted by atomic mass is 9.89. The Morgan fingerprint density at radius 1 is 1.33 bits per heavy atom. The van der Waals surface area contributed by atoms with Gasteiger partial charge in [-0.3, -0.25) is 4.79 Å². The van der Waals surface area contributed by atoms with Crippen LogP contribution in [-0.2, 0) is 4.79 Å². The lowest BCUT2D eigenvalue weighted by Gasteiger charge is -2.19. The molecule has 4 heteroatoms. The Morgan fingerprint density at radius 2 is 2.13 bits per heavy atom. The van der Waals surface area contributed by atoms with Gasteiger partial charge in [0.2, 0.25) is 5.91 Å². The van der Waals surface area contributed by atoms with Crippen LogP contribution in [0.4, 0.5) is 0 Å². The zero-order valence-corrected chi connectivity index (χ0v) is 9.81. The lowest BCUT2D eigenvalue weighted by molar-refractivity contribution is -0.125. The minimum absolute atomic E-state index is 0.138. The van der Waals surface area contributed by atoms with Crippen molar-refractivity contribution in [2.24, 2.45) is 11.0 Å². The average Bonchev–Trinajstić information content (AvgIpc) is 2.80. The van der Waals surface area contributed by atoms with Gasteiger partial charge in [-0.15, -0.1) is 0 Å². The Bertz CT molecular complexity index is 251. The van der Waals surface area contributed by atoms with Crippen LogP contribution in [0.15, 0.2) is 5.10 Å². The first kappa shape index (κ1) is 11.0. The number of amides is 1. The highest BCUT2D eigenvalue weighted by atomic mass is 32.2. The normalized spacial score (nSPS) is 25.7. The summed E-state index contributed by atoms with van der Waals surface area (Å²) in [5, 5.41) is 4.19. The third-order valence-corrected chi connectivity index (χ3v) is 4.13. The van der Waals surface area contributed by atoms with Gasteiger partial charge in [0.25, 0.3) is 0 Å². The van der Waals surface area contributed by atoms with Gasteiger partial charge < -0.3 is 0 Å². The van der Waals surface area contributed by atoms with Crippen molar-refractivity contribution < 1.29 is 4.79 Å². The van der Waals surface area contributed by atoms with Gasteiger partial charge in [-0.25, -0.2) is 5.43 Å². The van der Waals surface area contributed by atoms with Crippen LogP contribution >= 0.6 is 11.8 Å². The van der Waals surface area contributed by atoms with E-state index < -0.39 is 0 Å². The molecule has 1 N–H and O–H groups in total. The number of carbonyl (C=O) groups is 1. The molecule has 1 aliphatic heterocycles. The van der Waals surface area contributed by atoms with E-state index in [1.54, 1.807) is 0 Å². The van der Waals surface area contributed by atoms with E-state index >= 15 is 0 Å². The van der Waals surface area contributed by atoms with Crippen LogP contribution in [0.2, 0.25) is 0 Å². The molecular formula is C11H18N2OS. The zero-order valence-electron chi connectivity index (χ0n) is 9.00. The summed E-state index contributed by atoms with van der Waals surface area (Å²) in [4.78, 5) is 11.7. The smallest absolute Gasteiger partial charge is 0.243 e. The Labute approximate surface area is 95.1 Å². The molecule has 2 rings (SSSR count). The van der Waals surface area contributed by atoms with E-state index in [0.717, 1.165) is 36.5 Å². The predicted molar refractivity (Wildman–Crippen MR) is 64.1 cm³/mol. The molecule has 1 saturated carbocycles. The number of hydrogen-bond donors (Lipinski definition) is 1. The van der Waals surface area contributed by atoms with Crippen molar-refractivity contribution in [3.8, 4) is 0 Å². The van der Waals surface area contributed by atoms with Gasteiger partial charge in [0.15, 0.2) is 0 Å². The summed E-state index contributed by atoms with van der Waals surface area (Å²) >= 11 is 1.89. The molecule has 0 aromatic heterocycles. The highest BCUT2D eigenvalue weighted by Gasteiger charge is 2.20. The Balaban J connectivity index is 1.78. The van der Waals surface area contributed by atoms with E-state index in [2.05, 4.69) is 10.5 Å². The van der Waals surface area contributed by atoms with E-state index in [-0.39, 0.29) is 11.8 Å². The number of nitrogens with one attached hydrogen (secondary N) is 1. The first-order valence-corrected chi connectivity index (χ1v) is 6.95. The molecule has 15 heavy (non-hydrogen) atoms. The summed E-state index contributed by atoms with van der Waals surface area (Å²) in [6.45, 7) is 0. The lowest BCUT2D eigenvalue weighted by Crippen LogP contribution is -2.29. The van der Waals surface area contributed by atoms with Gasteiger partial charge >= 0.3 is 0 Å². The van der Waals surface area contributed by atoms with Crippen molar-refractivity contribution >= 4 is 23.4 Å². The molecule has 1 amide bonds. The van der Waals surface area contributed by atoms with E-state index in [4.69, 9.17) is 0 Å². The highest BCUT2D eigenvalue weighted by Crippen LogP contribution is 2.23. The molecule has 0 aromatic carbocycles. The largest absolute Gasteiger partial charge is 0.273 e. The molecule has 1 heterocycles. The second-order valence-corrected chi connectivity index (χ2v) is 5.40. The number of hydrazone groups is 1. The van der Waals surface area contributed by atoms with Crippen molar-refractivity contribution in [1.82, 2.24) is 5.43 Å². The molecule has 0 radical (unpaired) electrons. The fraction of sp³-hybridized carbons (Fsp3) is 0.818. The SMILES string of the molecule is O=C(NN=C1CCSC1)C1CCCCC1. The number of thioether (sulfide) groups is 1. The molecule has 0 spiro atoms. The third kappa shape index (κ3) is 3.23. The van der Waals surface area contributed by atoms with Crippen LogP contribution < -0.4 is 5.43 Å². The van der Waals surface area contributed by atoms with Gasteiger partial charge in [-0.2, -0.15) is 16.9 Å². The fourth-order valence-corrected chi connectivity index (χ4v) is 3.10. The van der Waals surface area contributed by atoms with Crippen molar-refractivity contribution in [2.45, 2.75) is 38.5 Å². The van der Waals surface area contributed by atoms with Gasteiger partial charge in [0, 0.05) is 17.4 Å². The highest BCUT2D eigenvalue weighted by molar-refractivity contribution is 8.00. The van der Waals surface area contributed by atoms with E-state index in [0.29, 0.717) is 0 Å². The minimum Gasteiger partial charge on any atom is -0.273 e. The predicted octanol–water partition coefficient (Wildman–Crippen LogP) is 2.18. The second kappa shape index (κ2) is 5.54. The van der Waals surface area contributed by atoms with Gasteiger partial charge in [0.1, 0.15) is 0 Å². The molecule has 2 fully saturated rings. The van der Waals surface area contributed by atoms with Gasteiger partial charge in [-0.05, 0) is 25.0 Å². The van der Waals surface area contributed by atoms with E-state index in [1.165, 1.54) is 19.3 Å². The molecule has 0 atom stereocenters. The van der Waals surface area contributed by atoms with Crippen molar-refractivity contribution in [1.29, 1.82) is 0 Å². The molecule has 3 nitrogen and oxygen atoms in total. The summed E-state index contributed by atoms with van der Waals surface area (Å²) in [5.74, 6) is 2.50. The van der Waals surface area contributed by atoms with E-state index in [1.807, 2.05) is 11.8 Å². The summed E-state index contributed by atoms with van der Waals surface area (Å²) in [6.07, 6.45) is 6.82. The number of rotatable bonds is 2. The molecule has 1 saturated heterocycles. The average molecular weight is 226 g/mol. The summed E-state index contributed by atoms with van der Waals surface area (Å²) in [6, 6.07) is 0. The molecule has 84 valence electrons. The maximum absolute atomic E-state index is 11.7. The number of carbonyl (C=O) groups excluding carboxylic acids is 1. The van der Waals surface area contributed by atoms with Gasteiger partial charge in [0.05, 0.1) is 0 Å². The van der Waals surface area contributed by atoms with Crippen molar-refractivity contribution in [3.05, 3.63) is 0 Å². The van der Waals surface area contributed by atoms with Crippen LogP contribution in [0, 0.1) is 5.92 Å². The first-order chi connectivity index (χ1) is 7.36. The molecule has 2 aliphatic rings. The quantitative estimate of drug-likeness (QED) is 0.733. The molecule has 1 aliphatic carbocycles. The standard InChI is InChI=1S/C11H18N2OS/c14-11(9-4-2-1-3-5-9)13-12-10-6-7-15-8-10/h9H,1-8H2,(H,13,14). The van der Waals surface area contributed by atoms with E-state index in [9.17, 15) is 4.79 Å². The summed E-state index contributed by atoms with van der Waals surface area (Å²) in [5.41, 5.74) is 3.87. The molecular weight excluding hydrogens is 208 g/mol. The Hall–Kier alpha value is -0.510. The third-order valence-electron chi connectivity index (χ3n) is 3.10. The summed E-state index contributed by atoms with van der Waals surface area (Å²) in [7, 11) is 0. The molecule has 0 aromatic rings. The molecule has 0 unspecified atom stereocenters. The summed E-state index contributed by atoms with van der Waals surface area (Å²) < 4.78 is 0. The molecule has 0 bridgehead atoms. The van der Waals surface area contributed by atoms with Gasteiger partial charge in [-0.1, -0.05) is 19.3 Å². The number of nitrogens with zero attached hydrogens (tertiary/aromatic N) is 1. The number of hydrogen-bond acceptors (Lipinski definition) is 3. The topological polar surface area (TPSA) is 41.5 Å². The van der Waals surface area contributed by atoms with Crippen LogP contribution in [-0.4, -0.2) is 23.1 Å². The van der Waals surface area contributed by atoms with Crippen LogP contribution in [0.1, 0.15) is 38.5 Å². The Kier molecular flexibility index (Phi) is 4.06. The monoisotopic (exact) mass is 226 g/mol. The second-order valence-electron chi connectivity index (χ2n) is 4.29. The minimum atomic E-state index is 0.138.